The first kappa shape index (κ1) is 22.5. The number of carboxylic acids is 1. The van der Waals surface area contributed by atoms with Crippen molar-refractivity contribution in [2.75, 3.05) is 0 Å². The maximum atomic E-state index is 12.3. The van der Waals surface area contributed by atoms with Crippen molar-refractivity contribution in [1.29, 1.82) is 0 Å². The maximum Gasteiger partial charge on any atom is 0.534 e. The first-order chi connectivity index (χ1) is 12.1. The largest absolute Gasteiger partial charge is 0.534 e. The molecule has 0 heterocycles. The molecule has 0 aliphatic carbocycles. The Bertz CT molecular complexity index is 783. The molecule has 1 amide bonds. The summed E-state index contributed by atoms with van der Waals surface area (Å²) in [5.74, 6) is -1.88. The van der Waals surface area contributed by atoms with E-state index in [2.05, 4.69) is 9.50 Å². The number of nitrogens with one attached hydrogen (secondary N) is 1. The van der Waals surface area contributed by atoms with Gasteiger partial charge in [0.2, 0.25) is 0 Å². The summed E-state index contributed by atoms with van der Waals surface area (Å²) in [5, 5.41) is 11.3. The van der Waals surface area contributed by atoms with Crippen LogP contribution in [-0.4, -0.2) is 36.7 Å². The molecular formula is C15H18F3NO7S. The van der Waals surface area contributed by atoms with Crippen molar-refractivity contribution in [3.05, 3.63) is 29.8 Å². The summed E-state index contributed by atoms with van der Waals surface area (Å²) in [7, 11) is -5.83. The molecule has 0 saturated carbocycles. The zero-order valence-electron chi connectivity index (χ0n) is 14.5. The Morgan fingerprint density at radius 3 is 2.07 bits per heavy atom. The lowest BCUT2D eigenvalue weighted by Crippen LogP contribution is -2.35. The molecule has 0 aliphatic rings. The molecule has 2 N–H and O–H groups in total. The molecule has 1 aromatic rings. The molecule has 12 heteroatoms. The Balaban J connectivity index is 2.98. The average molecular weight is 413 g/mol. The van der Waals surface area contributed by atoms with Gasteiger partial charge in [0.25, 0.3) is 0 Å². The number of hydrogen-bond acceptors (Lipinski definition) is 6. The van der Waals surface area contributed by atoms with Gasteiger partial charge in [-0.1, -0.05) is 12.1 Å². The van der Waals surface area contributed by atoms with Gasteiger partial charge in [-0.15, -0.1) is 0 Å². The summed E-state index contributed by atoms with van der Waals surface area (Å²) in [6, 6.07) is 3.01. The molecule has 0 spiro atoms. The number of carbonyl (C=O) groups excluding carboxylic acids is 1. The van der Waals surface area contributed by atoms with Gasteiger partial charge in [-0.2, -0.15) is 21.6 Å². The highest BCUT2D eigenvalue weighted by atomic mass is 32.2. The fraction of sp³-hybridized carbons (Fsp3) is 0.467. The zero-order chi connectivity index (χ0) is 21.0. The van der Waals surface area contributed by atoms with Crippen LogP contribution < -0.4 is 9.50 Å². The number of hydrogen-bond donors (Lipinski definition) is 2. The second-order valence-electron chi connectivity index (χ2n) is 6.35. The van der Waals surface area contributed by atoms with Gasteiger partial charge in [0.05, 0.1) is 12.5 Å². The second kappa shape index (κ2) is 8.03. The Morgan fingerprint density at radius 2 is 1.67 bits per heavy atom. The summed E-state index contributed by atoms with van der Waals surface area (Å²) in [6.45, 7) is 4.81. The molecule has 1 aromatic carbocycles. The van der Waals surface area contributed by atoms with Gasteiger partial charge >= 0.3 is 27.7 Å². The minimum Gasteiger partial charge on any atom is -0.481 e. The quantitative estimate of drug-likeness (QED) is 0.544. The number of rotatable bonds is 6. The fourth-order valence-corrected chi connectivity index (χ4v) is 2.27. The van der Waals surface area contributed by atoms with Gasteiger partial charge < -0.3 is 19.3 Å². The van der Waals surface area contributed by atoms with Crippen LogP contribution in [0.1, 0.15) is 38.8 Å². The van der Waals surface area contributed by atoms with E-state index in [0.29, 0.717) is 0 Å². The normalized spacial score (nSPS) is 13.6. The third-order valence-corrected chi connectivity index (χ3v) is 3.82. The molecule has 0 saturated heterocycles. The van der Waals surface area contributed by atoms with Gasteiger partial charge in [-0.3, -0.25) is 4.79 Å². The highest BCUT2D eigenvalue weighted by molar-refractivity contribution is 7.88. The van der Waals surface area contributed by atoms with Gasteiger partial charge in [0.15, 0.2) is 0 Å². The van der Waals surface area contributed by atoms with Crippen LogP contribution >= 0.6 is 0 Å². The minimum atomic E-state index is -5.83. The number of carboxylic acid groups (broad SMARTS) is 1. The van der Waals surface area contributed by atoms with Crippen molar-refractivity contribution in [2.24, 2.45) is 0 Å². The third kappa shape index (κ3) is 7.33. The Morgan fingerprint density at radius 1 is 1.15 bits per heavy atom. The van der Waals surface area contributed by atoms with E-state index < -0.39 is 51.5 Å². The van der Waals surface area contributed by atoms with Crippen LogP contribution in [0.2, 0.25) is 0 Å². The Kier molecular flexibility index (Phi) is 6.70. The van der Waals surface area contributed by atoms with Crippen molar-refractivity contribution in [3.8, 4) is 5.75 Å². The molecule has 0 aliphatic heterocycles. The van der Waals surface area contributed by atoms with E-state index in [-0.39, 0.29) is 5.56 Å². The van der Waals surface area contributed by atoms with Crippen molar-refractivity contribution in [2.45, 2.75) is 44.3 Å². The molecule has 152 valence electrons. The van der Waals surface area contributed by atoms with Crippen molar-refractivity contribution in [1.82, 2.24) is 5.32 Å². The van der Waals surface area contributed by atoms with E-state index in [1.807, 2.05) is 0 Å². The second-order valence-corrected chi connectivity index (χ2v) is 7.89. The predicted molar refractivity (Wildman–Crippen MR) is 86.4 cm³/mol. The molecule has 0 aromatic heterocycles. The number of carbonyl (C=O) groups is 2. The van der Waals surface area contributed by atoms with E-state index >= 15 is 0 Å². The van der Waals surface area contributed by atoms with Crippen LogP contribution in [-0.2, 0) is 19.6 Å². The number of benzene rings is 1. The van der Waals surface area contributed by atoms with Crippen LogP contribution in [0.5, 0.6) is 5.75 Å². The average Bonchev–Trinajstić information content (AvgIpc) is 2.43. The van der Waals surface area contributed by atoms with E-state index in [0.717, 1.165) is 24.3 Å². The number of ether oxygens (including phenoxy) is 1. The minimum absolute atomic E-state index is 0.194. The SMILES string of the molecule is CC(C)(C)OC(=O)N[C@H](CC(=O)O)c1ccc(OS(=O)(=O)C(F)(F)F)cc1. The topological polar surface area (TPSA) is 119 Å². The fourth-order valence-electron chi connectivity index (χ4n) is 1.81. The maximum absolute atomic E-state index is 12.3. The van der Waals surface area contributed by atoms with Crippen LogP contribution in [0.25, 0.3) is 0 Å². The standard InChI is InChI=1S/C15H18F3NO7S/c1-14(2,3)25-13(22)19-11(8-12(20)21)9-4-6-10(7-5-9)26-27(23,24)15(16,17)18/h4-7,11H,8H2,1-3H3,(H,19,22)(H,20,21)/t11-/m1/s1. The lowest BCUT2D eigenvalue weighted by Gasteiger charge is -2.23. The first-order valence-electron chi connectivity index (χ1n) is 7.43. The number of amides is 1. The monoisotopic (exact) mass is 413 g/mol. The van der Waals surface area contributed by atoms with E-state index in [1.165, 1.54) is 0 Å². The molecule has 1 rings (SSSR count). The number of alkyl halides is 3. The van der Waals surface area contributed by atoms with Gasteiger partial charge in [0.1, 0.15) is 11.4 Å². The molecule has 0 fully saturated rings. The van der Waals surface area contributed by atoms with Crippen LogP contribution in [0.15, 0.2) is 24.3 Å². The zero-order valence-corrected chi connectivity index (χ0v) is 15.3. The van der Waals surface area contributed by atoms with E-state index in [9.17, 15) is 31.2 Å². The molecular weight excluding hydrogens is 395 g/mol. The van der Waals surface area contributed by atoms with Crippen LogP contribution in [0.3, 0.4) is 0 Å². The summed E-state index contributed by atoms with van der Waals surface area (Å²) in [6.07, 6.45) is -1.44. The highest BCUT2D eigenvalue weighted by Crippen LogP contribution is 2.28. The molecule has 8 nitrogen and oxygen atoms in total. The van der Waals surface area contributed by atoms with Crippen molar-refractivity contribution in [3.63, 3.8) is 0 Å². The summed E-state index contributed by atoms with van der Waals surface area (Å²) in [4.78, 5) is 22.8. The molecule has 27 heavy (non-hydrogen) atoms. The summed E-state index contributed by atoms with van der Waals surface area (Å²) >= 11 is 0. The summed E-state index contributed by atoms with van der Waals surface area (Å²) in [5.41, 5.74) is -6.22. The van der Waals surface area contributed by atoms with Crippen LogP contribution in [0.4, 0.5) is 18.0 Å². The number of halogens is 3. The van der Waals surface area contributed by atoms with Crippen molar-refractivity contribution < 1.29 is 45.2 Å². The smallest absolute Gasteiger partial charge is 0.481 e. The van der Waals surface area contributed by atoms with E-state index in [1.54, 1.807) is 20.8 Å². The first-order valence-corrected chi connectivity index (χ1v) is 8.83. The number of aliphatic carboxylic acids is 1. The lowest BCUT2D eigenvalue weighted by molar-refractivity contribution is -0.137. The molecule has 0 radical (unpaired) electrons. The molecule has 0 bridgehead atoms. The number of alkyl carbamates (subject to hydrolysis) is 1. The highest BCUT2D eigenvalue weighted by Gasteiger charge is 2.48. The Hall–Kier alpha value is -2.50. The molecule has 0 unspecified atom stereocenters. The van der Waals surface area contributed by atoms with Crippen molar-refractivity contribution >= 4 is 22.2 Å². The summed E-state index contributed by atoms with van der Waals surface area (Å²) < 4.78 is 67.8. The van der Waals surface area contributed by atoms with Gasteiger partial charge in [-0.05, 0) is 38.5 Å². The van der Waals surface area contributed by atoms with E-state index in [4.69, 9.17) is 9.84 Å². The predicted octanol–water partition coefficient (Wildman–Crippen LogP) is 2.96. The third-order valence-electron chi connectivity index (χ3n) is 2.84. The molecule has 1 atom stereocenters. The lowest BCUT2D eigenvalue weighted by atomic mass is 10.0. The van der Waals surface area contributed by atoms with Gasteiger partial charge in [0, 0.05) is 0 Å². The van der Waals surface area contributed by atoms with Crippen LogP contribution in [0, 0.1) is 0 Å². The van der Waals surface area contributed by atoms with Gasteiger partial charge in [-0.25, -0.2) is 4.79 Å². The Labute approximate surface area is 153 Å².